The first kappa shape index (κ1) is 12.0. The third-order valence-corrected chi connectivity index (χ3v) is 4.06. The lowest BCUT2D eigenvalue weighted by Crippen LogP contribution is -2.31. The van der Waals surface area contributed by atoms with E-state index in [0.717, 1.165) is 42.4 Å². The zero-order valence-corrected chi connectivity index (χ0v) is 10.7. The number of hydrogen-bond donors (Lipinski definition) is 2. The van der Waals surface area contributed by atoms with Crippen LogP contribution in [0.15, 0.2) is 16.3 Å². The molecule has 1 aliphatic heterocycles. The summed E-state index contributed by atoms with van der Waals surface area (Å²) in [5.41, 5.74) is 0. The minimum Gasteiger partial charge on any atom is -0.381 e. The molecule has 2 rings (SSSR count). The fraction of sp³-hybridized carbons (Fsp3) is 0.545. The molecule has 1 amide bonds. The highest BCUT2D eigenvalue weighted by Gasteiger charge is 2.15. The SMILES string of the molecule is O=C(NCC1CCOCC1)c1cc(S)cs1. The average molecular weight is 257 g/mol. The van der Waals surface area contributed by atoms with Gasteiger partial charge in [0.25, 0.3) is 5.91 Å². The summed E-state index contributed by atoms with van der Waals surface area (Å²) in [4.78, 5) is 13.3. The van der Waals surface area contributed by atoms with E-state index in [1.807, 2.05) is 5.38 Å². The lowest BCUT2D eigenvalue weighted by molar-refractivity contribution is 0.0643. The zero-order valence-electron chi connectivity index (χ0n) is 8.94. The van der Waals surface area contributed by atoms with Gasteiger partial charge in [0.2, 0.25) is 0 Å². The Hall–Kier alpha value is -0.520. The molecular weight excluding hydrogens is 242 g/mol. The molecule has 0 aromatic carbocycles. The van der Waals surface area contributed by atoms with Gasteiger partial charge >= 0.3 is 0 Å². The summed E-state index contributed by atoms with van der Waals surface area (Å²) < 4.78 is 5.27. The molecule has 1 aromatic rings. The van der Waals surface area contributed by atoms with Gasteiger partial charge < -0.3 is 10.1 Å². The number of rotatable bonds is 3. The van der Waals surface area contributed by atoms with Crippen LogP contribution in [0.4, 0.5) is 0 Å². The van der Waals surface area contributed by atoms with Crippen LogP contribution in [-0.4, -0.2) is 25.7 Å². The Morgan fingerprint density at radius 2 is 2.31 bits per heavy atom. The average Bonchev–Trinajstić information content (AvgIpc) is 2.74. The first-order valence-electron chi connectivity index (χ1n) is 5.39. The number of ether oxygens (including phenoxy) is 1. The molecule has 2 heterocycles. The van der Waals surface area contributed by atoms with Crippen molar-refractivity contribution in [2.75, 3.05) is 19.8 Å². The molecule has 3 nitrogen and oxygen atoms in total. The van der Waals surface area contributed by atoms with E-state index in [9.17, 15) is 4.79 Å². The van der Waals surface area contributed by atoms with Gasteiger partial charge in [0.05, 0.1) is 4.88 Å². The Kier molecular flexibility index (Phi) is 4.26. The van der Waals surface area contributed by atoms with Gasteiger partial charge in [-0.25, -0.2) is 0 Å². The van der Waals surface area contributed by atoms with Gasteiger partial charge in [-0.3, -0.25) is 4.79 Å². The fourth-order valence-corrected chi connectivity index (χ4v) is 2.78. The molecule has 0 radical (unpaired) electrons. The molecule has 1 N–H and O–H groups in total. The van der Waals surface area contributed by atoms with Crippen LogP contribution >= 0.6 is 24.0 Å². The quantitative estimate of drug-likeness (QED) is 0.815. The van der Waals surface area contributed by atoms with Gasteiger partial charge in [-0.15, -0.1) is 24.0 Å². The van der Waals surface area contributed by atoms with Crippen LogP contribution in [0.3, 0.4) is 0 Å². The Morgan fingerprint density at radius 3 is 2.94 bits per heavy atom. The van der Waals surface area contributed by atoms with Crippen LogP contribution in [0.2, 0.25) is 0 Å². The second kappa shape index (κ2) is 5.70. The maximum Gasteiger partial charge on any atom is 0.261 e. The van der Waals surface area contributed by atoms with Crippen molar-refractivity contribution in [1.82, 2.24) is 5.32 Å². The molecule has 0 aliphatic carbocycles. The van der Waals surface area contributed by atoms with Crippen molar-refractivity contribution in [3.05, 3.63) is 16.3 Å². The Morgan fingerprint density at radius 1 is 1.56 bits per heavy atom. The highest BCUT2D eigenvalue weighted by molar-refractivity contribution is 7.80. The largest absolute Gasteiger partial charge is 0.381 e. The first-order chi connectivity index (χ1) is 7.75. The first-order valence-corrected chi connectivity index (χ1v) is 6.72. The number of amides is 1. The molecule has 1 fully saturated rings. The summed E-state index contributed by atoms with van der Waals surface area (Å²) in [5, 5.41) is 4.83. The molecule has 1 aromatic heterocycles. The summed E-state index contributed by atoms with van der Waals surface area (Å²) in [7, 11) is 0. The van der Waals surface area contributed by atoms with Crippen molar-refractivity contribution >= 4 is 29.9 Å². The Bertz CT molecular complexity index is 359. The molecule has 0 unspecified atom stereocenters. The third-order valence-electron chi connectivity index (χ3n) is 2.70. The number of carbonyl (C=O) groups is 1. The van der Waals surface area contributed by atoms with Gasteiger partial charge in [0.1, 0.15) is 0 Å². The minimum absolute atomic E-state index is 0.0109. The van der Waals surface area contributed by atoms with Crippen LogP contribution in [0.25, 0.3) is 0 Å². The molecule has 1 saturated heterocycles. The van der Waals surface area contributed by atoms with Crippen LogP contribution in [0.1, 0.15) is 22.5 Å². The predicted molar refractivity (Wildman–Crippen MR) is 67.4 cm³/mol. The van der Waals surface area contributed by atoms with E-state index in [0.29, 0.717) is 5.92 Å². The van der Waals surface area contributed by atoms with E-state index in [-0.39, 0.29) is 5.91 Å². The van der Waals surface area contributed by atoms with Crippen molar-refractivity contribution < 1.29 is 9.53 Å². The van der Waals surface area contributed by atoms with Crippen LogP contribution < -0.4 is 5.32 Å². The standard InChI is InChI=1S/C11H15NO2S2/c13-11(10-5-9(15)7-16-10)12-6-8-1-3-14-4-2-8/h5,7-8,15H,1-4,6H2,(H,12,13). The van der Waals surface area contributed by atoms with E-state index < -0.39 is 0 Å². The molecule has 0 saturated carbocycles. The van der Waals surface area contributed by atoms with Crippen LogP contribution in [0.5, 0.6) is 0 Å². The summed E-state index contributed by atoms with van der Waals surface area (Å²) in [6.07, 6.45) is 2.09. The number of thiol groups is 1. The van der Waals surface area contributed by atoms with E-state index in [4.69, 9.17) is 4.74 Å². The fourth-order valence-electron chi connectivity index (χ4n) is 1.72. The number of hydrogen-bond acceptors (Lipinski definition) is 4. The molecule has 1 aliphatic rings. The maximum atomic E-state index is 11.7. The monoisotopic (exact) mass is 257 g/mol. The van der Waals surface area contributed by atoms with E-state index in [1.54, 1.807) is 6.07 Å². The summed E-state index contributed by atoms with van der Waals surface area (Å²) >= 11 is 5.61. The van der Waals surface area contributed by atoms with Crippen molar-refractivity contribution in [1.29, 1.82) is 0 Å². The second-order valence-corrected chi connectivity index (χ2v) is 5.36. The number of thiophene rings is 1. The van der Waals surface area contributed by atoms with E-state index in [2.05, 4.69) is 17.9 Å². The van der Waals surface area contributed by atoms with Gasteiger partial charge in [0.15, 0.2) is 0 Å². The second-order valence-electron chi connectivity index (χ2n) is 3.93. The number of carbonyl (C=O) groups excluding carboxylic acids is 1. The topological polar surface area (TPSA) is 38.3 Å². The van der Waals surface area contributed by atoms with Crippen molar-refractivity contribution in [2.24, 2.45) is 5.92 Å². The summed E-state index contributed by atoms with van der Waals surface area (Å²) in [6, 6.07) is 1.80. The number of nitrogens with one attached hydrogen (secondary N) is 1. The predicted octanol–water partition coefficient (Wildman–Crippen LogP) is 2.19. The lowest BCUT2D eigenvalue weighted by atomic mass is 10.0. The van der Waals surface area contributed by atoms with Gasteiger partial charge in [-0.05, 0) is 24.8 Å². The minimum atomic E-state index is 0.0109. The smallest absolute Gasteiger partial charge is 0.261 e. The third kappa shape index (κ3) is 3.23. The summed E-state index contributed by atoms with van der Waals surface area (Å²) in [6.45, 7) is 2.39. The molecule has 0 bridgehead atoms. The van der Waals surface area contributed by atoms with Crippen molar-refractivity contribution in [3.63, 3.8) is 0 Å². The molecule has 0 atom stereocenters. The van der Waals surface area contributed by atoms with Crippen molar-refractivity contribution in [3.8, 4) is 0 Å². The van der Waals surface area contributed by atoms with Gasteiger partial charge in [-0.1, -0.05) is 0 Å². The van der Waals surface area contributed by atoms with Gasteiger partial charge in [-0.2, -0.15) is 0 Å². The molecular formula is C11H15NO2S2. The Labute approximate surface area is 105 Å². The summed E-state index contributed by atoms with van der Waals surface area (Å²) in [5.74, 6) is 0.574. The van der Waals surface area contributed by atoms with Crippen LogP contribution in [-0.2, 0) is 4.74 Å². The highest BCUT2D eigenvalue weighted by atomic mass is 32.1. The molecule has 16 heavy (non-hydrogen) atoms. The van der Waals surface area contributed by atoms with Crippen molar-refractivity contribution in [2.45, 2.75) is 17.7 Å². The zero-order chi connectivity index (χ0) is 11.4. The van der Waals surface area contributed by atoms with E-state index in [1.165, 1.54) is 11.3 Å². The van der Waals surface area contributed by atoms with Crippen LogP contribution in [0, 0.1) is 5.92 Å². The van der Waals surface area contributed by atoms with Gasteiger partial charge in [0, 0.05) is 30.0 Å². The molecule has 5 heteroatoms. The van der Waals surface area contributed by atoms with E-state index >= 15 is 0 Å². The molecule has 88 valence electrons. The highest BCUT2D eigenvalue weighted by Crippen LogP contribution is 2.18. The molecule has 0 spiro atoms. The maximum absolute atomic E-state index is 11.7. The lowest BCUT2D eigenvalue weighted by Gasteiger charge is -2.21. The Balaban J connectivity index is 1.79. The normalized spacial score (nSPS) is 17.3.